The van der Waals surface area contributed by atoms with E-state index < -0.39 is 40.5 Å². The fourth-order valence-electron chi connectivity index (χ4n) is 3.62. The second-order valence-corrected chi connectivity index (χ2v) is 10.2. The molecule has 0 unspecified atom stereocenters. The number of rotatable bonds is 30. The van der Waals surface area contributed by atoms with Crippen LogP contribution in [0.3, 0.4) is 0 Å². The quantitative estimate of drug-likeness (QED) is 0.0209. The number of nitro groups is 2. The zero-order chi connectivity index (χ0) is 39.9. The van der Waals surface area contributed by atoms with Gasteiger partial charge < -0.3 is 56.8 Å². The Hall–Kier alpha value is -5.52. The van der Waals surface area contributed by atoms with Crippen molar-refractivity contribution in [2.75, 3.05) is 106 Å². The minimum Gasteiger partial charge on any atom is -0.463 e. The van der Waals surface area contributed by atoms with Crippen molar-refractivity contribution in [2.45, 2.75) is 6.42 Å². The molecule has 0 fully saturated rings. The van der Waals surface area contributed by atoms with Gasteiger partial charge in [0.2, 0.25) is 0 Å². The molecule has 0 aliphatic heterocycles. The van der Waals surface area contributed by atoms with Gasteiger partial charge in [-0.25, -0.2) is 9.59 Å². The Labute approximate surface area is 313 Å². The number of nitrogens with zero attached hydrogens (tertiary/aromatic N) is 2. The fourth-order valence-corrected chi connectivity index (χ4v) is 3.62. The minimum absolute atomic E-state index is 0.0649. The highest BCUT2D eigenvalue weighted by Crippen LogP contribution is 2.18. The monoisotopic (exact) mass is 786 g/mol. The van der Waals surface area contributed by atoms with E-state index in [1.54, 1.807) is 0 Å². The molecular formula is C33H42N2O20. The average molecular weight is 787 g/mol. The van der Waals surface area contributed by atoms with Crippen LogP contribution in [0.5, 0.6) is 11.5 Å². The average Bonchev–Trinajstić information content (AvgIpc) is 3.15. The van der Waals surface area contributed by atoms with Gasteiger partial charge >= 0.3 is 24.2 Å². The number of carbonyl (C=O) groups excluding carboxylic acids is 4. The van der Waals surface area contributed by atoms with Gasteiger partial charge in [-0.2, -0.15) is 0 Å². The predicted octanol–water partition coefficient (Wildman–Crippen LogP) is 2.81. The number of hydrogen-bond acceptors (Lipinski definition) is 20. The van der Waals surface area contributed by atoms with Crippen LogP contribution in [0.2, 0.25) is 0 Å². The first-order valence-corrected chi connectivity index (χ1v) is 16.6. The van der Waals surface area contributed by atoms with E-state index in [1.165, 1.54) is 48.5 Å². The summed E-state index contributed by atoms with van der Waals surface area (Å²) >= 11 is 0. The van der Waals surface area contributed by atoms with Crippen molar-refractivity contribution < 1.29 is 85.9 Å². The molecule has 0 amide bonds. The molecule has 0 saturated heterocycles. The molecule has 2 rings (SSSR count). The van der Waals surface area contributed by atoms with Crippen LogP contribution in [0.25, 0.3) is 0 Å². The lowest BCUT2D eigenvalue weighted by atomic mass is 10.3. The second-order valence-electron chi connectivity index (χ2n) is 10.2. The first-order chi connectivity index (χ1) is 26.6. The van der Waals surface area contributed by atoms with E-state index in [-0.39, 0.29) is 129 Å². The minimum atomic E-state index is -0.976. The van der Waals surface area contributed by atoms with Crippen molar-refractivity contribution in [2.24, 2.45) is 0 Å². The third kappa shape index (κ3) is 23.7. The summed E-state index contributed by atoms with van der Waals surface area (Å²) in [6, 6.07) is 9.88. The molecule has 0 aliphatic rings. The van der Waals surface area contributed by atoms with E-state index in [0.717, 1.165) is 0 Å². The molecule has 2 aromatic rings. The van der Waals surface area contributed by atoms with E-state index in [2.05, 4.69) is 0 Å². The highest BCUT2D eigenvalue weighted by atomic mass is 16.7. The molecule has 0 radical (unpaired) electrons. The molecule has 0 saturated carbocycles. The molecule has 0 heterocycles. The lowest BCUT2D eigenvalue weighted by Crippen LogP contribution is -2.19. The van der Waals surface area contributed by atoms with Gasteiger partial charge in [-0.15, -0.1) is 0 Å². The summed E-state index contributed by atoms with van der Waals surface area (Å²) in [7, 11) is 0. The summed E-state index contributed by atoms with van der Waals surface area (Å²) in [4.78, 5) is 66.8. The smallest absolute Gasteiger partial charge is 0.463 e. The maximum absolute atomic E-state index is 11.8. The van der Waals surface area contributed by atoms with Crippen molar-refractivity contribution in [1.82, 2.24) is 0 Å². The number of carbonyl (C=O) groups is 4. The van der Waals surface area contributed by atoms with Crippen molar-refractivity contribution >= 4 is 35.6 Å². The van der Waals surface area contributed by atoms with Crippen LogP contribution in [0.15, 0.2) is 48.5 Å². The lowest BCUT2D eigenvalue weighted by molar-refractivity contribution is -0.385. The Morgan fingerprint density at radius 3 is 0.927 bits per heavy atom. The van der Waals surface area contributed by atoms with E-state index >= 15 is 0 Å². The largest absolute Gasteiger partial charge is 0.513 e. The van der Waals surface area contributed by atoms with Gasteiger partial charge in [0.05, 0.1) is 89.1 Å². The number of esters is 2. The molecule has 0 spiro atoms. The van der Waals surface area contributed by atoms with Gasteiger partial charge in [0.25, 0.3) is 11.4 Å². The summed E-state index contributed by atoms with van der Waals surface area (Å²) in [6.45, 7) is 2.00. The lowest BCUT2D eigenvalue weighted by Gasteiger charge is -2.09. The van der Waals surface area contributed by atoms with Gasteiger partial charge in [-0.05, 0) is 24.3 Å². The molecule has 55 heavy (non-hydrogen) atoms. The van der Waals surface area contributed by atoms with Gasteiger partial charge in [-0.1, -0.05) is 0 Å². The predicted molar refractivity (Wildman–Crippen MR) is 182 cm³/mol. The number of hydrogen-bond donors (Lipinski definition) is 0. The highest BCUT2D eigenvalue weighted by molar-refractivity contribution is 5.91. The second kappa shape index (κ2) is 28.9. The first-order valence-electron chi connectivity index (χ1n) is 16.6. The summed E-state index contributed by atoms with van der Waals surface area (Å²) in [5.41, 5.74) is -0.275. The van der Waals surface area contributed by atoms with E-state index in [1.807, 2.05) is 0 Å². The standard InChI is InChI=1S/C33H42N2O20/c36-30(50-21-17-46-13-9-44-11-15-48-19-23-52-32(38)54-28-5-1-26(2-6-28)34(40)41)25-31(37)51-22-18-47-14-10-45-12-16-49-20-24-53-33(39)55-29-7-3-27(4-8-29)35(42)43/h1-8H,9-25H2. The maximum atomic E-state index is 11.8. The van der Waals surface area contributed by atoms with E-state index in [4.69, 9.17) is 56.8 Å². The van der Waals surface area contributed by atoms with Crippen molar-refractivity contribution in [3.05, 3.63) is 68.8 Å². The third-order valence-electron chi connectivity index (χ3n) is 6.15. The molecule has 0 bridgehead atoms. The van der Waals surface area contributed by atoms with Crippen LogP contribution in [0.1, 0.15) is 6.42 Å². The molecule has 304 valence electrons. The van der Waals surface area contributed by atoms with Crippen molar-refractivity contribution in [3.8, 4) is 11.5 Å². The molecule has 22 heteroatoms. The number of ether oxygens (including phenoxy) is 12. The molecule has 22 nitrogen and oxygen atoms in total. The SMILES string of the molecule is O=C(CC(=O)OCCOCCOCCOCCOC(=O)Oc1ccc([N+](=O)[O-])cc1)OCCOCCOCCOCCOC(=O)Oc1ccc([N+](=O)[O-])cc1. The van der Waals surface area contributed by atoms with Gasteiger partial charge in [0, 0.05) is 24.3 Å². The Balaban J connectivity index is 1.27. The van der Waals surface area contributed by atoms with Crippen molar-refractivity contribution in [1.29, 1.82) is 0 Å². The Morgan fingerprint density at radius 1 is 0.400 bits per heavy atom. The van der Waals surface area contributed by atoms with Crippen LogP contribution in [0.4, 0.5) is 21.0 Å². The number of benzene rings is 2. The molecule has 0 aromatic heterocycles. The van der Waals surface area contributed by atoms with E-state index in [0.29, 0.717) is 0 Å². The summed E-state index contributed by atoms with van der Waals surface area (Å²) < 4.78 is 61.0. The van der Waals surface area contributed by atoms with Crippen LogP contribution < -0.4 is 9.47 Å². The van der Waals surface area contributed by atoms with Gasteiger partial charge in [0.15, 0.2) is 0 Å². The maximum Gasteiger partial charge on any atom is 0.513 e. The summed E-state index contributed by atoms with van der Waals surface area (Å²) in [5, 5.41) is 21.3. The molecular weight excluding hydrogens is 744 g/mol. The first kappa shape index (κ1) is 45.6. The zero-order valence-electron chi connectivity index (χ0n) is 29.7. The summed E-state index contributed by atoms with van der Waals surface area (Å²) in [6.07, 6.45) is -2.52. The van der Waals surface area contributed by atoms with Crippen LogP contribution in [-0.2, 0) is 57.0 Å². The molecule has 2 aromatic carbocycles. The van der Waals surface area contributed by atoms with Crippen LogP contribution in [0, 0.1) is 20.2 Å². The molecule has 0 aliphatic carbocycles. The Morgan fingerprint density at radius 2 is 0.655 bits per heavy atom. The number of non-ortho nitro benzene ring substituents is 2. The summed E-state index contributed by atoms with van der Waals surface area (Å²) in [5.74, 6) is -1.33. The Bertz CT molecular complexity index is 1330. The van der Waals surface area contributed by atoms with Crippen LogP contribution in [-0.4, -0.2) is 140 Å². The zero-order valence-corrected chi connectivity index (χ0v) is 29.7. The van der Waals surface area contributed by atoms with Gasteiger partial charge in [-0.3, -0.25) is 29.8 Å². The third-order valence-corrected chi connectivity index (χ3v) is 6.15. The Kier molecular flexibility index (Phi) is 24.0. The van der Waals surface area contributed by atoms with E-state index in [9.17, 15) is 39.4 Å². The topological polar surface area (TPSA) is 265 Å². The van der Waals surface area contributed by atoms with Crippen molar-refractivity contribution in [3.63, 3.8) is 0 Å². The highest BCUT2D eigenvalue weighted by Gasteiger charge is 2.13. The molecule has 0 N–H and O–H groups in total. The number of nitro benzene ring substituents is 2. The fraction of sp³-hybridized carbons (Fsp3) is 0.515. The molecule has 0 atom stereocenters. The van der Waals surface area contributed by atoms with Gasteiger partial charge in [0.1, 0.15) is 44.3 Å². The normalized spacial score (nSPS) is 10.6. The van der Waals surface area contributed by atoms with Crippen LogP contribution >= 0.6 is 0 Å².